The Bertz CT molecular complexity index is 447. The summed E-state index contributed by atoms with van der Waals surface area (Å²) >= 11 is 0. The van der Waals surface area contributed by atoms with E-state index in [9.17, 15) is 4.79 Å². The van der Waals surface area contributed by atoms with Crippen molar-refractivity contribution in [3.63, 3.8) is 0 Å². The zero-order valence-corrected chi connectivity index (χ0v) is 10.3. The molecule has 0 amide bonds. The van der Waals surface area contributed by atoms with Crippen molar-refractivity contribution in [3.8, 4) is 5.75 Å². The summed E-state index contributed by atoms with van der Waals surface area (Å²) in [5.74, 6) is 0.820. The van der Waals surface area contributed by atoms with E-state index in [0.29, 0.717) is 0 Å². The highest BCUT2D eigenvalue weighted by atomic mass is 16.6. The Balaban J connectivity index is 2.02. The van der Waals surface area contributed by atoms with Gasteiger partial charge in [-0.2, -0.15) is 0 Å². The van der Waals surface area contributed by atoms with Crippen LogP contribution in [-0.2, 0) is 9.53 Å². The molecule has 0 N–H and O–H groups in total. The zero-order chi connectivity index (χ0) is 12.5. The average molecular weight is 232 g/mol. The van der Waals surface area contributed by atoms with E-state index >= 15 is 0 Å². The van der Waals surface area contributed by atoms with Gasteiger partial charge in [-0.25, -0.2) is 0 Å². The molecule has 2 atom stereocenters. The van der Waals surface area contributed by atoms with Gasteiger partial charge in [0, 0.05) is 0 Å². The van der Waals surface area contributed by atoms with Crippen LogP contribution in [0.1, 0.15) is 19.4 Å². The van der Waals surface area contributed by atoms with Gasteiger partial charge in [0.05, 0.1) is 13.2 Å². The van der Waals surface area contributed by atoms with Crippen LogP contribution in [0.3, 0.4) is 0 Å². The third kappa shape index (κ3) is 2.39. The van der Waals surface area contributed by atoms with Crippen molar-refractivity contribution in [3.05, 3.63) is 35.9 Å². The quantitative estimate of drug-likeness (QED) is 0.591. The zero-order valence-electron chi connectivity index (χ0n) is 10.3. The van der Waals surface area contributed by atoms with E-state index in [-0.39, 0.29) is 11.9 Å². The molecule has 2 rings (SSSR count). The lowest BCUT2D eigenvalue weighted by Gasteiger charge is -2.00. The van der Waals surface area contributed by atoms with Crippen LogP contribution in [0.15, 0.2) is 30.3 Å². The van der Waals surface area contributed by atoms with Gasteiger partial charge in [-0.15, -0.1) is 0 Å². The van der Waals surface area contributed by atoms with Gasteiger partial charge in [0.15, 0.2) is 11.4 Å². The number of carbonyl (C=O) groups is 1. The first-order valence-corrected chi connectivity index (χ1v) is 5.60. The fourth-order valence-corrected chi connectivity index (χ4v) is 1.64. The van der Waals surface area contributed by atoms with Crippen molar-refractivity contribution in [1.82, 2.24) is 0 Å². The first kappa shape index (κ1) is 11.9. The SMILES string of the molecule is COc1ccc(/C=C/C(=O)C2(C)OC2C)cc1. The summed E-state index contributed by atoms with van der Waals surface area (Å²) in [4.78, 5) is 11.8. The number of hydrogen-bond donors (Lipinski definition) is 0. The average Bonchev–Trinajstić information content (AvgIpc) is 2.96. The number of hydrogen-bond acceptors (Lipinski definition) is 3. The van der Waals surface area contributed by atoms with E-state index in [1.165, 1.54) is 0 Å². The van der Waals surface area contributed by atoms with Gasteiger partial charge in [-0.05, 0) is 37.6 Å². The Morgan fingerprint density at radius 3 is 2.47 bits per heavy atom. The molecule has 1 aliphatic rings. The molecular formula is C14H16O3. The Morgan fingerprint density at radius 1 is 1.41 bits per heavy atom. The molecule has 1 saturated heterocycles. The lowest BCUT2D eigenvalue weighted by Crippen LogP contribution is -2.20. The molecule has 0 saturated carbocycles. The summed E-state index contributed by atoms with van der Waals surface area (Å²) in [5, 5.41) is 0. The van der Waals surface area contributed by atoms with Crippen LogP contribution in [-0.4, -0.2) is 24.6 Å². The summed E-state index contributed by atoms with van der Waals surface area (Å²) in [6, 6.07) is 7.54. The van der Waals surface area contributed by atoms with Gasteiger partial charge >= 0.3 is 0 Å². The highest BCUT2D eigenvalue weighted by molar-refractivity contribution is 6.01. The van der Waals surface area contributed by atoms with Crippen LogP contribution in [0.25, 0.3) is 6.08 Å². The van der Waals surface area contributed by atoms with Crippen molar-refractivity contribution in [1.29, 1.82) is 0 Å². The monoisotopic (exact) mass is 232 g/mol. The molecule has 0 radical (unpaired) electrons. The maximum atomic E-state index is 11.8. The Morgan fingerprint density at radius 2 is 2.00 bits per heavy atom. The minimum absolute atomic E-state index is 0.0146. The molecule has 0 aliphatic carbocycles. The molecule has 1 heterocycles. The predicted octanol–water partition coefficient (Wildman–Crippen LogP) is 2.45. The number of ketones is 1. The van der Waals surface area contributed by atoms with Crippen LogP contribution in [0.2, 0.25) is 0 Å². The molecule has 1 aromatic rings. The summed E-state index contributed by atoms with van der Waals surface area (Å²) < 4.78 is 10.3. The second kappa shape index (κ2) is 4.34. The molecule has 90 valence electrons. The molecule has 1 aliphatic heterocycles. The second-order valence-corrected chi connectivity index (χ2v) is 4.34. The topological polar surface area (TPSA) is 38.8 Å². The van der Waals surface area contributed by atoms with Gasteiger partial charge in [-0.1, -0.05) is 18.2 Å². The number of carbonyl (C=O) groups excluding carboxylic acids is 1. The van der Waals surface area contributed by atoms with Crippen LogP contribution in [0.4, 0.5) is 0 Å². The van der Waals surface area contributed by atoms with E-state index in [4.69, 9.17) is 9.47 Å². The van der Waals surface area contributed by atoms with Crippen molar-refractivity contribution < 1.29 is 14.3 Å². The maximum absolute atomic E-state index is 11.8. The smallest absolute Gasteiger partial charge is 0.189 e. The van der Waals surface area contributed by atoms with Crippen molar-refractivity contribution in [2.45, 2.75) is 25.6 Å². The largest absolute Gasteiger partial charge is 0.497 e. The molecule has 0 spiro atoms. The summed E-state index contributed by atoms with van der Waals surface area (Å²) in [5.41, 5.74) is 0.360. The van der Waals surface area contributed by atoms with E-state index in [1.54, 1.807) is 19.3 Å². The van der Waals surface area contributed by atoms with Crippen LogP contribution in [0.5, 0.6) is 5.75 Å². The second-order valence-electron chi connectivity index (χ2n) is 4.34. The van der Waals surface area contributed by atoms with E-state index < -0.39 is 5.60 Å². The molecule has 3 heteroatoms. The number of ether oxygens (including phenoxy) is 2. The maximum Gasteiger partial charge on any atom is 0.189 e. The van der Waals surface area contributed by atoms with Crippen LogP contribution in [0, 0.1) is 0 Å². The fourth-order valence-electron chi connectivity index (χ4n) is 1.64. The summed E-state index contributed by atoms with van der Waals surface area (Å²) in [6.07, 6.45) is 3.39. The fraction of sp³-hybridized carbons (Fsp3) is 0.357. The number of epoxide rings is 1. The van der Waals surface area contributed by atoms with Gasteiger partial charge < -0.3 is 9.47 Å². The lowest BCUT2D eigenvalue weighted by molar-refractivity contribution is -0.118. The molecule has 3 nitrogen and oxygen atoms in total. The van der Waals surface area contributed by atoms with Crippen LogP contribution >= 0.6 is 0 Å². The minimum atomic E-state index is -0.608. The Hall–Kier alpha value is -1.61. The summed E-state index contributed by atoms with van der Waals surface area (Å²) in [7, 11) is 1.63. The van der Waals surface area contributed by atoms with Crippen LogP contribution < -0.4 is 4.74 Å². The molecule has 0 aromatic heterocycles. The van der Waals surface area contributed by atoms with Gasteiger partial charge in [0.25, 0.3) is 0 Å². The van der Waals surface area contributed by atoms with Gasteiger partial charge in [0.2, 0.25) is 0 Å². The molecule has 0 bridgehead atoms. The predicted molar refractivity (Wildman–Crippen MR) is 66.0 cm³/mol. The first-order valence-electron chi connectivity index (χ1n) is 5.60. The first-order chi connectivity index (χ1) is 8.06. The standard InChI is InChI=1S/C14H16O3/c1-10-14(2,17-10)13(15)9-6-11-4-7-12(16-3)8-5-11/h4-10H,1-3H3/b9-6+. The third-order valence-corrected chi connectivity index (χ3v) is 3.17. The normalized spacial score (nSPS) is 27.1. The number of rotatable bonds is 4. The molecule has 1 aromatic carbocycles. The molecule has 1 fully saturated rings. The number of benzene rings is 1. The highest BCUT2D eigenvalue weighted by Gasteiger charge is 2.54. The Labute approximate surface area is 101 Å². The van der Waals surface area contributed by atoms with Crippen molar-refractivity contribution in [2.24, 2.45) is 0 Å². The van der Waals surface area contributed by atoms with E-state index in [1.807, 2.05) is 38.1 Å². The van der Waals surface area contributed by atoms with Crippen molar-refractivity contribution in [2.75, 3.05) is 7.11 Å². The lowest BCUT2D eigenvalue weighted by atomic mass is 10.0. The van der Waals surface area contributed by atoms with Crippen molar-refractivity contribution >= 4 is 11.9 Å². The molecular weight excluding hydrogens is 216 g/mol. The molecule has 17 heavy (non-hydrogen) atoms. The molecule has 2 unspecified atom stereocenters. The summed E-state index contributed by atoms with van der Waals surface area (Å²) in [6.45, 7) is 3.72. The highest BCUT2D eigenvalue weighted by Crippen LogP contribution is 2.36. The van der Waals surface area contributed by atoms with E-state index in [2.05, 4.69) is 0 Å². The minimum Gasteiger partial charge on any atom is -0.497 e. The third-order valence-electron chi connectivity index (χ3n) is 3.17. The van der Waals surface area contributed by atoms with Gasteiger partial charge in [-0.3, -0.25) is 4.79 Å². The Kier molecular flexibility index (Phi) is 3.03. The van der Waals surface area contributed by atoms with Gasteiger partial charge in [0.1, 0.15) is 5.75 Å². The van der Waals surface area contributed by atoms with E-state index in [0.717, 1.165) is 11.3 Å². The number of methoxy groups -OCH3 is 1.